The summed E-state index contributed by atoms with van der Waals surface area (Å²) in [6, 6.07) is 6.35. The monoisotopic (exact) mass is 374 g/mol. The van der Waals surface area contributed by atoms with Gasteiger partial charge < -0.3 is 14.7 Å². The molecule has 8 heteroatoms. The summed E-state index contributed by atoms with van der Waals surface area (Å²) in [5, 5.41) is 11.2. The van der Waals surface area contributed by atoms with Crippen molar-refractivity contribution in [1.82, 2.24) is 9.80 Å². The van der Waals surface area contributed by atoms with Gasteiger partial charge in [0, 0.05) is 45.2 Å². The Labute approximate surface area is 158 Å². The second-order valence-electron chi connectivity index (χ2n) is 7.05. The van der Waals surface area contributed by atoms with Gasteiger partial charge in [-0.2, -0.15) is 0 Å². The minimum absolute atomic E-state index is 0.0131. The molecule has 2 fully saturated rings. The number of likely N-dealkylation sites (tertiary alicyclic amines) is 1. The Morgan fingerprint density at radius 1 is 1.15 bits per heavy atom. The molecule has 1 aromatic carbocycles. The predicted octanol–water partition coefficient (Wildman–Crippen LogP) is 2.03. The van der Waals surface area contributed by atoms with Crippen LogP contribution in [0.2, 0.25) is 0 Å². The summed E-state index contributed by atoms with van der Waals surface area (Å²) >= 11 is 0. The van der Waals surface area contributed by atoms with Crippen LogP contribution in [0.5, 0.6) is 0 Å². The SMILES string of the molecule is CCCC(=O)N1CCCC1C(=O)N1CCN(c2ccccc2[N+](=O)[O-])CC1. The van der Waals surface area contributed by atoms with E-state index in [4.69, 9.17) is 0 Å². The van der Waals surface area contributed by atoms with Crippen LogP contribution in [-0.4, -0.2) is 65.3 Å². The number of nitro benzene ring substituents is 1. The molecule has 3 rings (SSSR count). The van der Waals surface area contributed by atoms with E-state index in [1.165, 1.54) is 6.07 Å². The van der Waals surface area contributed by atoms with Crippen LogP contribution in [0.1, 0.15) is 32.6 Å². The fraction of sp³-hybridized carbons (Fsp3) is 0.579. The number of carbonyl (C=O) groups is 2. The molecule has 2 aliphatic heterocycles. The third kappa shape index (κ3) is 4.04. The van der Waals surface area contributed by atoms with Crippen LogP contribution >= 0.6 is 0 Å². The van der Waals surface area contributed by atoms with Crippen LogP contribution in [0.4, 0.5) is 11.4 Å². The van der Waals surface area contributed by atoms with E-state index >= 15 is 0 Å². The topological polar surface area (TPSA) is 87.0 Å². The van der Waals surface area contributed by atoms with Gasteiger partial charge in [0.1, 0.15) is 11.7 Å². The third-order valence-corrected chi connectivity index (χ3v) is 5.33. The van der Waals surface area contributed by atoms with Crippen molar-refractivity contribution >= 4 is 23.2 Å². The van der Waals surface area contributed by atoms with Crippen molar-refractivity contribution < 1.29 is 14.5 Å². The van der Waals surface area contributed by atoms with E-state index in [-0.39, 0.29) is 28.5 Å². The second kappa shape index (κ2) is 8.37. The number of para-hydroxylation sites is 2. The Morgan fingerprint density at radius 3 is 2.52 bits per heavy atom. The Bertz CT molecular complexity index is 715. The molecule has 1 unspecified atom stereocenters. The average molecular weight is 374 g/mol. The van der Waals surface area contributed by atoms with Gasteiger partial charge in [-0.05, 0) is 25.3 Å². The van der Waals surface area contributed by atoms with E-state index in [0.29, 0.717) is 44.8 Å². The van der Waals surface area contributed by atoms with Crippen LogP contribution in [0.15, 0.2) is 24.3 Å². The number of nitrogens with zero attached hydrogens (tertiary/aromatic N) is 4. The quantitative estimate of drug-likeness (QED) is 0.581. The van der Waals surface area contributed by atoms with Crippen molar-refractivity contribution in [3.63, 3.8) is 0 Å². The molecule has 27 heavy (non-hydrogen) atoms. The first-order valence-electron chi connectivity index (χ1n) is 9.59. The number of hydrogen-bond donors (Lipinski definition) is 0. The van der Waals surface area contributed by atoms with E-state index in [1.54, 1.807) is 28.0 Å². The summed E-state index contributed by atoms with van der Waals surface area (Å²) < 4.78 is 0. The zero-order valence-corrected chi connectivity index (χ0v) is 15.7. The van der Waals surface area contributed by atoms with E-state index in [2.05, 4.69) is 0 Å². The van der Waals surface area contributed by atoms with E-state index in [0.717, 1.165) is 19.3 Å². The molecule has 2 amide bonds. The molecule has 1 aromatic rings. The number of hydrogen-bond acceptors (Lipinski definition) is 5. The molecular formula is C19H26N4O4. The Balaban J connectivity index is 1.63. The van der Waals surface area contributed by atoms with Crippen LogP contribution in [0.25, 0.3) is 0 Å². The molecule has 146 valence electrons. The lowest BCUT2D eigenvalue weighted by Crippen LogP contribution is -2.54. The Hall–Kier alpha value is -2.64. The van der Waals surface area contributed by atoms with Crippen LogP contribution in [0.3, 0.4) is 0 Å². The van der Waals surface area contributed by atoms with Crippen molar-refractivity contribution in [2.45, 2.75) is 38.6 Å². The molecule has 0 N–H and O–H groups in total. The highest BCUT2D eigenvalue weighted by Crippen LogP contribution is 2.29. The fourth-order valence-corrected chi connectivity index (χ4v) is 3.94. The lowest BCUT2D eigenvalue weighted by atomic mass is 10.1. The minimum atomic E-state index is -0.372. The maximum absolute atomic E-state index is 12.9. The van der Waals surface area contributed by atoms with Gasteiger partial charge in [-0.15, -0.1) is 0 Å². The Kier molecular flexibility index (Phi) is 5.93. The maximum Gasteiger partial charge on any atom is 0.292 e. The lowest BCUT2D eigenvalue weighted by molar-refractivity contribution is -0.384. The van der Waals surface area contributed by atoms with Gasteiger partial charge in [-0.1, -0.05) is 19.1 Å². The summed E-state index contributed by atoms with van der Waals surface area (Å²) in [7, 11) is 0. The van der Waals surface area contributed by atoms with E-state index in [1.807, 2.05) is 11.8 Å². The van der Waals surface area contributed by atoms with Crippen LogP contribution < -0.4 is 4.90 Å². The van der Waals surface area contributed by atoms with Gasteiger partial charge in [0.2, 0.25) is 11.8 Å². The predicted molar refractivity (Wildman–Crippen MR) is 102 cm³/mol. The molecule has 2 saturated heterocycles. The molecule has 8 nitrogen and oxygen atoms in total. The number of anilines is 1. The summed E-state index contributed by atoms with van der Waals surface area (Å²) in [4.78, 5) is 41.6. The van der Waals surface area contributed by atoms with Gasteiger partial charge in [0.25, 0.3) is 5.69 Å². The number of amides is 2. The summed E-state index contributed by atoms with van der Waals surface area (Å²) in [6.45, 7) is 4.74. The average Bonchev–Trinajstić information content (AvgIpc) is 3.17. The normalized spacial score (nSPS) is 20.0. The third-order valence-electron chi connectivity index (χ3n) is 5.33. The highest BCUT2D eigenvalue weighted by molar-refractivity contribution is 5.88. The number of benzene rings is 1. The minimum Gasteiger partial charge on any atom is -0.362 e. The highest BCUT2D eigenvalue weighted by atomic mass is 16.6. The first kappa shape index (κ1) is 19.1. The van der Waals surface area contributed by atoms with Crippen molar-refractivity contribution in [2.24, 2.45) is 0 Å². The zero-order chi connectivity index (χ0) is 19.4. The van der Waals surface area contributed by atoms with E-state index < -0.39 is 0 Å². The van der Waals surface area contributed by atoms with Crippen molar-refractivity contribution in [2.75, 3.05) is 37.6 Å². The van der Waals surface area contributed by atoms with Gasteiger partial charge >= 0.3 is 0 Å². The lowest BCUT2D eigenvalue weighted by Gasteiger charge is -2.38. The number of nitro groups is 1. The smallest absolute Gasteiger partial charge is 0.292 e. The molecule has 0 aliphatic carbocycles. The molecule has 1 atom stereocenters. The van der Waals surface area contributed by atoms with Gasteiger partial charge in [-0.3, -0.25) is 19.7 Å². The molecular weight excluding hydrogens is 348 g/mol. The van der Waals surface area contributed by atoms with Crippen LogP contribution in [-0.2, 0) is 9.59 Å². The van der Waals surface area contributed by atoms with Gasteiger partial charge in [-0.25, -0.2) is 0 Å². The summed E-state index contributed by atoms with van der Waals surface area (Å²) in [6.07, 6.45) is 2.85. The molecule has 0 aromatic heterocycles. The Morgan fingerprint density at radius 2 is 1.85 bits per heavy atom. The molecule has 0 spiro atoms. The first-order valence-corrected chi connectivity index (χ1v) is 9.59. The second-order valence-corrected chi connectivity index (χ2v) is 7.05. The first-order chi connectivity index (χ1) is 13.0. The number of piperazine rings is 1. The van der Waals surface area contributed by atoms with Crippen molar-refractivity contribution in [1.29, 1.82) is 0 Å². The molecule has 2 aliphatic rings. The van der Waals surface area contributed by atoms with Gasteiger partial charge in [0.15, 0.2) is 0 Å². The standard InChI is InChI=1S/C19H26N4O4/c1-2-6-18(24)22-10-5-9-17(22)19(25)21-13-11-20(12-14-21)15-7-3-4-8-16(15)23(26)27/h3-4,7-8,17H,2,5-6,9-14H2,1H3. The van der Waals surface area contributed by atoms with Gasteiger partial charge in [0.05, 0.1) is 4.92 Å². The highest BCUT2D eigenvalue weighted by Gasteiger charge is 2.37. The van der Waals surface area contributed by atoms with E-state index in [9.17, 15) is 19.7 Å². The molecule has 0 saturated carbocycles. The van der Waals surface area contributed by atoms with Crippen molar-refractivity contribution in [3.05, 3.63) is 34.4 Å². The number of rotatable bonds is 5. The fourth-order valence-electron chi connectivity index (χ4n) is 3.94. The molecule has 0 bridgehead atoms. The molecule has 0 radical (unpaired) electrons. The van der Waals surface area contributed by atoms with Crippen molar-refractivity contribution in [3.8, 4) is 0 Å². The largest absolute Gasteiger partial charge is 0.362 e. The van der Waals surface area contributed by atoms with Crippen LogP contribution in [0, 0.1) is 10.1 Å². The number of carbonyl (C=O) groups excluding carboxylic acids is 2. The summed E-state index contributed by atoms with van der Waals surface area (Å²) in [5.41, 5.74) is 0.680. The zero-order valence-electron chi connectivity index (χ0n) is 15.7. The maximum atomic E-state index is 12.9. The molecule has 2 heterocycles. The summed E-state index contributed by atoms with van der Waals surface area (Å²) in [5.74, 6) is 0.0751.